The zero-order valence-electron chi connectivity index (χ0n) is 17.9. The van der Waals surface area contributed by atoms with Crippen molar-refractivity contribution >= 4 is 23.6 Å². The molecule has 1 aliphatic carbocycles. The van der Waals surface area contributed by atoms with Crippen molar-refractivity contribution in [2.24, 2.45) is 5.92 Å². The molecule has 2 aromatic rings. The van der Waals surface area contributed by atoms with Gasteiger partial charge in [-0.3, -0.25) is 24.1 Å². The van der Waals surface area contributed by atoms with Crippen molar-refractivity contribution in [3.05, 3.63) is 70.8 Å². The Morgan fingerprint density at radius 1 is 0.844 bits per heavy atom. The van der Waals surface area contributed by atoms with Crippen molar-refractivity contribution in [3.8, 4) is 0 Å². The van der Waals surface area contributed by atoms with Crippen LogP contribution in [0.5, 0.6) is 0 Å². The molecule has 1 aliphatic heterocycles. The SMILES string of the molecule is O=C(NCCNC(=O)C1CCCCC1)c1ccc2c(c1)C(=O)N(Cc1ccccc1)C2=O. The van der Waals surface area contributed by atoms with E-state index in [1.54, 1.807) is 6.07 Å². The summed E-state index contributed by atoms with van der Waals surface area (Å²) in [6.07, 6.45) is 5.25. The summed E-state index contributed by atoms with van der Waals surface area (Å²) in [5.41, 5.74) is 1.71. The minimum Gasteiger partial charge on any atom is -0.354 e. The largest absolute Gasteiger partial charge is 0.354 e. The maximum absolute atomic E-state index is 12.8. The number of amides is 4. The standard InChI is InChI=1S/C25H27N3O4/c29-22(18-9-5-2-6-10-18)26-13-14-27-23(30)19-11-12-20-21(15-19)25(32)28(24(20)31)16-17-7-3-1-4-8-17/h1,3-4,7-8,11-12,15,18H,2,5-6,9-10,13-14,16H2,(H,26,29)(H,27,30). The molecule has 0 aromatic heterocycles. The van der Waals surface area contributed by atoms with Crippen molar-refractivity contribution in [1.82, 2.24) is 15.5 Å². The van der Waals surface area contributed by atoms with Gasteiger partial charge in [-0.25, -0.2) is 0 Å². The highest BCUT2D eigenvalue weighted by Crippen LogP contribution is 2.26. The molecule has 4 rings (SSSR count). The first-order valence-electron chi connectivity index (χ1n) is 11.1. The third-order valence-corrected chi connectivity index (χ3v) is 6.10. The van der Waals surface area contributed by atoms with Crippen molar-refractivity contribution in [3.63, 3.8) is 0 Å². The highest BCUT2D eigenvalue weighted by Gasteiger charge is 2.36. The van der Waals surface area contributed by atoms with Crippen molar-refractivity contribution in [2.45, 2.75) is 38.6 Å². The van der Waals surface area contributed by atoms with E-state index in [1.165, 1.54) is 23.5 Å². The third kappa shape index (κ3) is 4.72. The fourth-order valence-electron chi connectivity index (χ4n) is 4.31. The van der Waals surface area contributed by atoms with Gasteiger partial charge >= 0.3 is 0 Å². The number of carbonyl (C=O) groups is 4. The lowest BCUT2D eigenvalue weighted by Gasteiger charge is -2.20. The molecule has 1 fully saturated rings. The molecule has 166 valence electrons. The number of hydrogen-bond donors (Lipinski definition) is 2. The summed E-state index contributed by atoms with van der Waals surface area (Å²) < 4.78 is 0. The molecule has 2 aliphatic rings. The lowest BCUT2D eigenvalue weighted by atomic mass is 9.89. The predicted molar refractivity (Wildman–Crippen MR) is 119 cm³/mol. The second kappa shape index (κ2) is 9.77. The Morgan fingerprint density at radius 3 is 2.28 bits per heavy atom. The minimum atomic E-state index is -0.400. The lowest BCUT2D eigenvalue weighted by molar-refractivity contribution is -0.125. The number of benzene rings is 2. The molecular weight excluding hydrogens is 406 g/mol. The molecule has 0 unspecified atom stereocenters. The maximum Gasteiger partial charge on any atom is 0.261 e. The first kappa shape index (κ1) is 21.7. The van der Waals surface area contributed by atoms with Gasteiger partial charge in [0.25, 0.3) is 17.7 Å². The Balaban J connectivity index is 1.32. The van der Waals surface area contributed by atoms with E-state index in [1.807, 2.05) is 30.3 Å². The van der Waals surface area contributed by atoms with Gasteiger partial charge in [0.15, 0.2) is 0 Å². The summed E-state index contributed by atoms with van der Waals surface area (Å²) in [5.74, 6) is -0.964. The molecule has 1 saturated carbocycles. The molecule has 32 heavy (non-hydrogen) atoms. The maximum atomic E-state index is 12.8. The van der Waals surface area contributed by atoms with Gasteiger partial charge in [-0.2, -0.15) is 0 Å². The molecule has 0 saturated heterocycles. The highest BCUT2D eigenvalue weighted by molar-refractivity contribution is 6.22. The van der Waals surface area contributed by atoms with Gasteiger partial charge in [0.1, 0.15) is 0 Å². The zero-order valence-corrected chi connectivity index (χ0v) is 17.9. The molecule has 7 heteroatoms. The van der Waals surface area contributed by atoms with Crippen LogP contribution in [0.2, 0.25) is 0 Å². The molecule has 4 amide bonds. The molecule has 0 radical (unpaired) electrons. The molecule has 0 atom stereocenters. The summed E-state index contributed by atoms with van der Waals surface area (Å²) in [6.45, 7) is 0.838. The average Bonchev–Trinajstić information content (AvgIpc) is 3.07. The Labute approximate surface area is 187 Å². The number of imide groups is 1. The van der Waals surface area contributed by atoms with Crippen LogP contribution < -0.4 is 10.6 Å². The smallest absolute Gasteiger partial charge is 0.261 e. The van der Waals surface area contributed by atoms with E-state index < -0.39 is 5.91 Å². The quantitative estimate of drug-likeness (QED) is 0.518. The highest BCUT2D eigenvalue weighted by atomic mass is 16.2. The van der Waals surface area contributed by atoms with E-state index in [0.29, 0.717) is 24.2 Å². The molecule has 2 aromatic carbocycles. The van der Waals surface area contributed by atoms with Gasteiger partial charge in [-0.15, -0.1) is 0 Å². The van der Waals surface area contributed by atoms with E-state index in [4.69, 9.17) is 0 Å². The van der Waals surface area contributed by atoms with Crippen LogP contribution in [0, 0.1) is 5.92 Å². The van der Waals surface area contributed by atoms with Crippen LogP contribution in [0.15, 0.2) is 48.5 Å². The number of rotatable bonds is 7. The van der Waals surface area contributed by atoms with Gasteiger partial charge < -0.3 is 10.6 Å². The fourth-order valence-corrected chi connectivity index (χ4v) is 4.31. The van der Waals surface area contributed by atoms with E-state index in [9.17, 15) is 19.2 Å². The Morgan fingerprint density at radius 2 is 1.53 bits per heavy atom. The Kier molecular flexibility index (Phi) is 6.63. The normalized spacial score (nSPS) is 16.1. The van der Waals surface area contributed by atoms with Crippen molar-refractivity contribution in [1.29, 1.82) is 0 Å². The Hall–Kier alpha value is -3.48. The summed E-state index contributed by atoms with van der Waals surface area (Å²) in [4.78, 5) is 51.3. The van der Waals surface area contributed by atoms with Gasteiger partial charge in [-0.05, 0) is 36.6 Å². The number of carbonyl (C=O) groups excluding carboxylic acids is 4. The summed E-state index contributed by atoms with van der Waals surface area (Å²) in [6, 6.07) is 13.8. The van der Waals surface area contributed by atoms with Crippen LogP contribution in [0.1, 0.15) is 68.7 Å². The summed E-state index contributed by atoms with van der Waals surface area (Å²) in [5, 5.41) is 5.65. The molecule has 2 N–H and O–H groups in total. The van der Waals surface area contributed by atoms with Crippen LogP contribution in [0.25, 0.3) is 0 Å². The van der Waals surface area contributed by atoms with Crippen LogP contribution in [-0.4, -0.2) is 41.6 Å². The van der Waals surface area contributed by atoms with Crippen LogP contribution in [-0.2, 0) is 11.3 Å². The van der Waals surface area contributed by atoms with E-state index in [2.05, 4.69) is 10.6 Å². The number of nitrogens with one attached hydrogen (secondary N) is 2. The molecule has 0 bridgehead atoms. The van der Waals surface area contributed by atoms with Crippen LogP contribution >= 0.6 is 0 Å². The molecule has 1 heterocycles. The third-order valence-electron chi connectivity index (χ3n) is 6.10. The monoisotopic (exact) mass is 433 g/mol. The van der Waals surface area contributed by atoms with E-state index in [0.717, 1.165) is 31.2 Å². The second-order valence-corrected chi connectivity index (χ2v) is 8.32. The lowest BCUT2D eigenvalue weighted by Crippen LogP contribution is -2.38. The van der Waals surface area contributed by atoms with Gasteiger partial charge in [-0.1, -0.05) is 49.6 Å². The van der Waals surface area contributed by atoms with Crippen LogP contribution in [0.4, 0.5) is 0 Å². The minimum absolute atomic E-state index is 0.0547. The first-order chi connectivity index (χ1) is 15.5. The second-order valence-electron chi connectivity index (χ2n) is 8.32. The molecule has 7 nitrogen and oxygen atoms in total. The van der Waals surface area contributed by atoms with Gasteiger partial charge in [0.05, 0.1) is 17.7 Å². The zero-order chi connectivity index (χ0) is 22.5. The van der Waals surface area contributed by atoms with Crippen molar-refractivity contribution < 1.29 is 19.2 Å². The summed E-state index contributed by atoms with van der Waals surface area (Å²) >= 11 is 0. The van der Waals surface area contributed by atoms with Gasteiger partial charge in [0.2, 0.25) is 5.91 Å². The fraction of sp³-hybridized carbons (Fsp3) is 0.360. The van der Waals surface area contributed by atoms with Crippen molar-refractivity contribution in [2.75, 3.05) is 13.1 Å². The number of nitrogens with zero attached hydrogens (tertiary/aromatic N) is 1. The van der Waals surface area contributed by atoms with E-state index >= 15 is 0 Å². The average molecular weight is 434 g/mol. The number of fused-ring (bicyclic) bond motifs is 1. The molecule has 0 spiro atoms. The Bertz CT molecular complexity index is 1030. The van der Waals surface area contributed by atoms with Crippen LogP contribution in [0.3, 0.4) is 0 Å². The summed E-state index contributed by atoms with van der Waals surface area (Å²) in [7, 11) is 0. The first-order valence-corrected chi connectivity index (χ1v) is 11.1. The van der Waals surface area contributed by atoms with E-state index in [-0.39, 0.29) is 35.7 Å². The van der Waals surface area contributed by atoms with Gasteiger partial charge in [0, 0.05) is 24.6 Å². The topological polar surface area (TPSA) is 95.6 Å². The number of hydrogen-bond acceptors (Lipinski definition) is 4. The molecular formula is C25H27N3O4. The predicted octanol–water partition coefficient (Wildman–Crippen LogP) is 2.91.